The Morgan fingerprint density at radius 1 is 1.33 bits per heavy atom. The van der Waals surface area contributed by atoms with Gasteiger partial charge in [-0.1, -0.05) is 0 Å². The topological polar surface area (TPSA) is 98.5 Å². The van der Waals surface area contributed by atoms with Crippen molar-refractivity contribution in [2.45, 2.75) is 46.1 Å². The summed E-state index contributed by atoms with van der Waals surface area (Å²) in [7, 11) is 0. The largest absolute Gasteiger partial charge is 0.491 e. The summed E-state index contributed by atoms with van der Waals surface area (Å²) in [6.07, 6.45) is 6.81. The van der Waals surface area contributed by atoms with Crippen LogP contribution in [0.25, 0.3) is 0 Å². The molecule has 6 heteroatoms. The van der Waals surface area contributed by atoms with Gasteiger partial charge in [0.25, 0.3) is 0 Å². The Kier molecular flexibility index (Phi) is 5.35. The second-order valence-corrected chi connectivity index (χ2v) is 7.89. The zero-order valence-electron chi connectivity index (χ0n) is 16.4. The van der Waals surface area contributed by atoms with E-state index >= 15 is 0 Å². The van der Waals surface area contributed by atoms with E-state index in [1.165, 1.54) is 19.3 Å². The molecule has 1 saturated heterocycles. The van der Waals surface area contributed by atoms with Gasteiger partial charge in [-0.2, -0.15) is 0 Å². The molecular formula is C21H29N5O. The minimum Gasteiger partial charge on any atom is -0.491 e. The predicted molar refractivity (Wildman–Crippen MR) is 111 cm³/mol. The van der Waals surface area contributed by atoms with E-state index in [2.05, 4.69) is 16.8 Å². The first-order chi connectivity index (χ1) is 12.8. The number of ether oxygens (including phenoxy) is 1. The third kappa shape index (κ3) is 4.38. The molecule has 0 aromatic heterocycles. The number of benzene rings is 1. The van der Waals surface area contributed by atoms with E-state index in [-0.39, 0.29) is 11.8 Å². The van der Waals surface area contributed by atoms with Crippen LogP contribution >= 0.6 is 0 Å². The number of hydrogen-bond acceptors (Lipinski definition) is 5. The van der Waals surface area contributed by atoms with E-state index in [0.29, 0.717) is 28.1 Å². The zero-order chi connectivity index (χ0) is 19.6. The SMILES string of the molecule is C/C(=C\C(=NC=N)C(=N)c1cc(OC(C)C)ccc1N)N1CCC2(CC2)C1. The van der Waals surface area contributed by atoms with Gasteiger partial charge in [-0.05, 0) is 69.7 Å². The Morgan fingerprint density at radius 2 is 2.07 bits per heavy atom. The first kappa shape index (κ1) is 19.1. The maximum Gasteiger partial charge on any atom is 0.120 e. The lowest BCUT2D eigenvalue weighted by molar-refractivity contribution is 0.242. The number of likely N-dealkylation sites (tertiary alicyclic amines) is 1. The molecule has 3 rings (SSSR count). The number of aliphatic imine (C=N–C) groups is 1. The highest BCUT2D eigenvalue weighted by Gasteiger charge is 2.47. The van der Waals surface area contributed by atoms with E-state index in [1.54, 1.807) is 18.2 Å². The minimum absolute atomic E-state index is 0.0393. The van der Waals surface area contributed by atoms with Crippen molar-refractivity contribution in [3.05, 3.63) is 35.5 Å². The number of hydrogen-bond donors (Lipinski definition) is 3. The van der Waals surface area contributed by atoms with Crippen LogP contribution in [0.15, 0.2) is 35.0 Å². The molecular weight excluding hydrogens is 338 g/mol. The summed E-state index contributed by atoms with van der Waals surface area (Å²) in [4.78, 5) is 6.49. The van der Waals surface area contributed by atoms with Crippen LogP contribution in [-0.2, 0) is 0 Å². The molecule has 1 aromatic rings. The van der Waals surface area contributed by atoms with Crippen molar-refractivity contribution in [3.63, 3.8) is 0 Å². The maximum absolute atomic E-state index is 8.63. The Balaban J connectivity index is 1.84. The third-order valence-corrected chi connectivity index (χ3v) is 5.37. The second-order valence-electron chi connectivity index (χ2n) is 7.89. The van der Waals surface area contributed by atoms with E-state index < -0.39 is 0 Å². The van der Waals surface area contributed by atoms with Crippen LogP contribution in [0, 0.1) is 16.2 Å². The molecule has 0 radical (unpaired) electrons. The summed E-state index contributed by atoms with van der Waals surface area (Å²) in [5, 5.41) is 16.0. The molecule has 1 heterocycles. The average molecular weight is 367 g/mol. The van der Waals surface area contributed by atoms with E-state index in [4.69, 9.17) is 21.3 Å². The standard InChI is InChI=1S/C21H29N5O/c1-14(2)27-16-4-5-18(23)17(11-16)20(24)19(25-13-22)10-15(3)26-9-8-21(12-26)6-7-21/h4-5,10-11,13-14,22,24H,6-9,12,23H2,1-3H3/b15-10+,22-13?,24-20?,25-19?. The van der Waals surface area contributed by atoms with E-state index in [0.717, 1.165) is 25.1 Å². The molecule has 2 aliphatic rings. The van der Waals surface area contributed by atoms with Gasteiger partial charge < -0.3 is 15.4 Å². The molecule has 2 fully saturated rings. The van der Waals surface area contributed by atoms with Crippen LogP contribution in [0.4, 0.5) is 5.69 Å². The van der Waals surface area contributed by atoms with Gasteiger partial charge in [-0.15, -0.1) is 0 Å². The van der Waals surface area contributed by atoms with Crippen LogP contribution in [0.5, 0.6) is 5.75 Å². The fraction of sp³-hybridized carbons (Fsp3) is 0.476. The zero-order valence-corrected chi connectivity index (χ0v) is 16.4. The van der Waals surface area contributed by atoms with Crippen molar-refractivity contribution >= 4 is 23.4 Å². The molecule has 144 valence electrons. The van der Waals surface area contributed by atoms with Crippen molar-refractivity contribution in [1.29, 1.82) is 10.8 Å². The number of nitrogens with two attached hydrogens (primary N) is 1. The number of nitrogen functional groups attached to an aromatic ring is 1. The third-order valence-electron chi connectivity index (χ3n) is 5.37. The minimum atomic E-state index is 0.0393. The molecule has 0 atom stereocenters. The van der Waals surface area contributed by atoms with Gasteiger partial charge in [0, 0.05) is 30.0 Å². The number of nitrogens with one attached hydrogen (secondary N) is 2. The highest BCUT2D eigenvalue weighted by molar-refractivity contribution is 6.52. The summed E-state index contributed by atoms with van der Waals surface area (Å²) in [6.45, 7) is 8.10. The lowest BCUT2D eigenvalue weighted by Gasteiger charge is -2.20. The van der Waals surface area contributed by atoms with Crippen LogP contribution in [0.2, 0.25) is 0 Å². The highest BCUT2D eigenvalue weighted by Crippen LogP contribution is 2.53. The normalized spacial score (nSPS) is 18.9. The number of rotatable bonds is 7. The highest BCUT2D eigenvalue weighted by atomic mass is 16.5. The van der Waals surface area contributed by atoms with E-state index in [9.17, 15) is 0 Å². The maximum atomic E-state index is 8.63. The Bertz CT molecular complexity index is 805. The van der Waals surface area contributed by atoms with Gasteiger partial charge in [0.1, 0.15) is 12.1 Å². The molecule has 1 aliphatic heterocycles. The summed E-state index contributed by atoms with van der Waals surface area (Å²) in [5.74, 6) is 0.670. The lowest BCUT2D eigenvalue weighted by Crippen LogP contribution is -2.22. The van der Waals surface area contributed by atoms with Gasteiger partial charge in [0.2, 0.25) is 0 Å². The van der Waals surface area contributed by atoms with Crippen LogP contribution < -0.4 is 10.5 Å². The van der Waals surface area contributed by atoms with Crippen LogP contribution in [0.3, 0.4) is 0 Å². The van der Waals surface area contributed by atoms with Crippen LogP contribution in [-0.4, -0.2) is 41.9 Å². The molecule has 4 N–H and O–H groups in total. The van der Waals surface area contributed by atoms with Crippen molar-refractivity contribution < 1.29 is 4.74 Å². The first-order valence-electron chi connectivity index (χ1n) is 9.49. The van der Waals surface area contributed by atoms with Gasteiger partial charge in [-0.3, -0.25) is 10.8 Å². The van der Waals surface area contributed by atoms with Gasteiger partial charge in [-0.25, -0.2) is 4.99 Å². The lowest BCUT2D eigenvalue weighted by atomic mass is 10.0. The summed E-state index contributed by atoms with van der Waals surface area (Å²) >= 11 is 0. The van der Waals surface area contributed by atoms with Crippen molar-refractivity contribution in [1.82, 2.24) is 4.90 Å². The average Bonchev–Trinajstić information content (AvgIpc) is 3.24. The van der Waals surface area contributed by atoms with Crippen molar-refractivity contribution in [3.8, 4) is 5.75 Å². The fourth-order valence-electron chi connectivity index (χ4n) is 3.59. The summed E-state index contributed by atoms with van der Waals surface area (Å²) < 4.78 is 5.73. The Morgan fingerprint density at radius 3 is 2.67 bits per heavy atom. The van der Waals surface area contributed by atoms with Crippen LogP contribution in [0.1, 0.15) is 45.6 Å². The predicted octanol–water partition coefficient (Wildman–Crippen LogP) is 3.86. The van der Waals surface area contributed by atoms with Gasteiger partial charge >= 0.3 is 0 Å². The molecule has 1 spiro atoms. The molecule has 0 unspecified atom stereocenters. The number of nitrogens with zero attached hydrogens (tertiary/aromatic N) is 2. The molecule has 0 bridgehead atoms. The second kappa shape index (κ2) is 7.55. The van der Waals surface area contributed by atoms with Gasteiger partial charge in [0.05, 0.1) is 17.5 Å². The first-order valence-corrected chi connectivity index (χ1v) is 9.49. The quantitative estimate of drug-likeness (QED) is 0.388. The van der Waals surface area contributed by atoms with Crippen molar-refractivity contribution in [2.75, 3.05) is 18.8 Å². The molecule has 1 aliphatic carbocycles. The smallest absolute Gasteiger partial charge is 0.120 e. The Labute approximate surface area is 161 Å². The van der Waals surface area contributed by atoms with Gasteiger partial charge in [0.15, 0.2) is 0 Å². The molecule has 0 amide bonds. The van der Waals surface area contributed by atoms with Crippen molar-refractivity contribution in [2.24, 2.45) is 10.4 Å². The Hall–Kier alpha value is -2.63. The number of anilines is 1. The van der Waals surface area contributed by atoms with E-state index in [1.807, 2.05) is 19.9 Å². The summed E-state index contributed by atoms with van der Waals surface area (Å²) in [5.41, 5.74) is 9.43. The molecule has 1 aromatic carbocycles. The fourth-order valence-corrected chi connectivity index (χ4v) is 3.59. The molecule has 6 nitrogen and oxygen atoms in total. The monoisotopic (exact) mass is 367 g/mol. The summed E-state index contributed by atoms with van der Waals surface area (Å²) in [6, 6.07) is 5.33. The molecule has 27 heavy (non-hydrogen) atoms. The number of allylic oxidation sites excluding steroid dienone is 2. The molecule has 1 saturated carbocycles.